The number of carbonyl (C=O) groups excluding carboxylic acids is 1. The lowest BCUT2D eigenvalue weighted by Crippen LogP contribution is -2.41. The summed E-state index contributed by atoms with van der Waals surface area (Å²) in [7, 11) is 0. The van der Waals surface area contributed by atoms with E-state index >= 15 is 0 Å². The third-order valence-corrected chi connectivity index (χ3v) is 5.96. The summed E-state index contributed by atoms with van der Waals surface area (Å²) >= 11 is 0. The number of fused-ring (bicyclic) bond motifs is 2. The Bertz CT molecular complexity index is 1100. The molecule has 2 aromatic carbocycles. The van der Waals surface area contributed by atoms with E-state index in [1.54, 1.807) is 18.3 Å². The second-order valence-electron chi connectivity index (χ2n) is 7.68. The number of nitrogens with zero attached hydrogens (tertiary/aromatic N) is 2. The number of hydrogen-bond donors (Lipinski definition) is 0. The van der Waals surface area contributed by atoms with Gasteiger partial charge in [0, 0.05) is 18.1 Å². The highest BCUT2D eigenvalue weighted by atomic mass is 19.1. The zero-order valence-electron chi connectivity index (χ0n) is 16.4. The van der Waals surface area contributed by atoms with Gasteiger partial charge in [-0.2, -0.15) is 0 Å². The molecular formula is C24H23FN2O. The van der Waals surface area contributed by atoms with Crippen LogP contribution in [0.2, 0.25) is 0 Å². The molecule has 0 saturated carbocycles. The second-order valence-corrected chi connectivity index (χ2v) is 7.68. The summed E-state index contributed by atoms with van der Waals surface area (Å²) in [6.45, 7) is 10.5. The average molecular weight is 374 g/mol. The molecule has 1 aliphatic rings. The molecule has 1 unspecified atom stereocenters. The van der Waals surface area contributed by atoms with Crippen LogP contribution in [-0.4, -0.2) is 15.8 Å². The lowest BCUT2D eigenvalue weighted by Gasteiger charge is -2.36. The van der Waals surface area contributed by atoms with Gasteiger partial charge in [-0.15, -0.1) is 6.58 Å². The van der Waals surface area contributed by atoms with Crippen molar-refractivity contribution in [1.82, 2.24) is 9.88 Å². The predicted molar refractivity (Wildman–Crippen MR) is 110 cm³/mol. The fourth-order valence-electron chi connectivity index (χ4n) is 4.58. The van der Waals surface area contributed by atoms with E-state index in [1.807, 2.05) is 24.0 Å². The van der Waals surface area contributed by atoms with Gasteiger partial charge in [-0.25, -0.2) is 4.39 Å². The zero-order chi connectivity index (χ0) is 20.1. The Kier molecular flexibility index (Phi) is 4.30. The first kappa shape index (κ1) is 18.4. The van der Waals surface area contributed by atoms with Crippen molar-refractivity contribution < 1.29 is 9.18 Å². The molecule has 2 heterocycles. The van der Waals surface area contributed by atoms with Crippen molar-refractivity contribution in [3.05, 3.63) is 88.9 Å². The van der Waals surface area contributed by atoms with Crippen molar-refractivity contribution in [2.75, 3.05) is 0 Å². The van der Waals surface area contributed by atoms with Crippen LogP contribution in [0.1, 0.15) is 46.0 Å². The maximum atomic E-state index is 13.6. The largest absolute Gasteiger partial charge is 0.324 e. The van der Waals surface area contributed by atoms with E-state index in [1.165, 1.54) is 12.1 Å². The van der Waals surface area contributed by atoms with Crippen LogP contribution in [0.15, 0.2) is 55.3 Å². The van der Waals surface area contributed by atoms with E-state index in [9.17, 15) is 9.18 Å². The Morgan fingerprint density at radius 2 is 1.89 bits per heavy atom. The molecule has 0 fully saturated rings. The minimum atomic E-state index is -0.512. The van der Waals surface area contributed by atoms with Crippen LogP contribution < -0.4 is 0 Å². The maximum absolute atomic E-state index is 13.6. The van der Waals surface area contributed by atoms with Gasteiger partial charge in [-0.05, 0) is 67.6 Å². The second kappa shape index (κ2) is 6.55. The van der Waals surface area contributed by atoms with Crippen molar-refractivity contribution in [2.45, 2.75) is 39.3 Å². The summed E-state index contributed by atoms with van der Waals surface area (Å²) in [5.41, 5.74) is 5.06. The third-order valence-electron chi connectivity index (χ3n) is 5.96. The first-order valence-electron chi connectivity index (χ1n) is 9.44. The Morgan fingerprint density at radius 1 is 1.18 bits per heavy atom. The molecule has 1 amide bonds. The number of halogens is 1. The number of benzene rings is 2. The molecular weight excluding hydrogens is 351 g/mol. The molecule has 1 aromatic heterocycles. The third kappa shape index (κ3) is 2.55. The molecule has 4 heteroatoms. The lowest BCUT2D eigenvalue weighted by molar-refractivity contribution is 0.0562. The van der Waals surface area contributed by atoms with Gasteiger partial charge in [0.05, 0.1) is 16.6 Å². The normalized spacial score (nSPS) is 18.6. The first-order valence-corrected chi connectivity index (χ1v) is 9.44. The molecule has 142 valence electrons. The van der Waals surface area contributed by atoms with Crippen LogP contribution in [0, 0.1) is 19.7 Å². The van der Waals surface area contributed by atoms with Crippen LogP contribution in [0.4, 0.5) is 4.39 Å². The van der Waals surface area contributed by atoms with Gasteiger partial charge < -0.3 is 4.90 Å². The first-order chi connectivity index (χ1) is 13.4. The fourth-order valence-corrected chi connectivity index (χ4v) is 4.58. The van der Waals surface area contributed by atoms with Crippen LogP contribution in [0.25, 0.3) is 10.9 Å². The van der Waals surface area contributed by atoms with Crippen molar-refractivity contribution in [2.24, 2.45) is 0 Å². The number of aryl methyl sites for hydroxylation is 2. The molecule has 1 aliphatic heterocycles. The van der Waals surface area contributed by atoms with Crippen LogP contribution >= 0.6 is 0 Å². The lowest BCUT2D eigenvalue weighted by atomic mass is 9.82. The average Bonchev–Trinajstić information content (AvgIpc) is 2.90. The van der Waals surface area contributed by atoms with Gasteiger partial charge in [-0.1, -0.05) is 24.3 Å². The SMILES string of the molecule is C=CCC1(C)c2c(c(C)c3ncccc3c2C)C(=O)N1Cc1ccc(F)cc1. The Labute approximate surface area is 164 Å². The summed E-state index contributed by atoms with van der Waals surface area (Å²) in [5, 5.41) is 1.07. The van der Waals surface area contributed by atoms with Gasteiger partial charge in [0.15, 0.2) is 0 Å². The Hall–Kier alpha value is -3.01. The van der Waals surface area contributed by atoms with Gasteiger partial charge in [0.25, 0.3) is 5.91 Å². The number of amides is 1. The Morgan fingerprint density at radius 3 is 2.57 bits per heavy atom. The smallest absolute Gasteiger partial charge is 0.255 e. The van der Waals surface area contributed by atoms with Gasteiger partial charge in [0.1, 0.15) is 5.82 Å². The molecule has 0 spiro atoms. The van der Waals surface area contributed by atoms with E-state index in [0.717, 1.165) is 38.7 Å². The maximum Gasteiger partial charge on any atom is 0.255 e. The predicted octanol–water partition coefficient (Wildman–Crippen LogP) is 5.44. The molecule has 1 atom stereocenters. The molecule has 0 aliphatic carbocycles. The van der Waals surface area contributed by atoms with Crippen molar-refractivity contribution >= 4 is 16.8 Å². The summed E-state index contributed by atoms with van der Waals surface area (Å²) < 4.78 is 13.3. The van der Waals surface area contributed by atoms with Crippen molar-refractivity contribution in [1.29, 1.82) is 0 Å². The minimum absolute atomic E-state index is 0.00294. The van der Waals surface area contributed by atoms with E-state index < -0.39 is 5.54 Å². The Balaban J connectivity index is 1.94. The number of carbonyl (C=O) groups is 1. The van der Waals surface area contributed by atoms with E-state index in [-0.39, 0.29) is 11.7 Å². The molecule has 0 N–H and O–H groups in total. The molecule has 0 saturated heterocycles. The highest BCUT2D eigenvalue weighted by molar-refractivity contribution is 6.06. The van der Waals surface area contributed by atoms with Crippen LogP contribution in [-0.2, 0) is 12.1 Å². The monoisotopic (exact) mass is 374 g/mol. The van der Waals surface area contributed by atoms with Gasteiger partial charge in [-0.3, -0.25) is 9.78 Å². The van der Waals surface area contributed by atoms with Crippen LogP contribution in [0.5, 0.6) is 0 Å². The standard InChI is InChI=1S/C24H23FN2O/c1-5-12-24(4)21-15(2)19-7-6-13-26-22(19)16(3)20(21)23(28)27(24)14-17-8-10-18(25)11-9-17/h5-11,13H,1,12,14H2,2-4H3. The van der Waals surface area contributed by atoms with Crippen LogP contribution in [0.3, 0.4) is 0 Å². The molecule has 3 aromatic rings. The van der Waals surface area contributed by atoms with E-state index in [2.05, 4.69) is 31.5 Å². The van der Waals surface area contributed by atoms with E-state index in [0.29, 0.717) is 13.0 Å². The minimum Gasteiger partial charge on any atom is -0.324 e. The quantitative estimate of drug-likeness (QED) is 0.570. The zero-order valence-corrected chi connectivity index (χ0v) is 16.4. The topological polar surface area (TPSA) is 33.2 Å². The summed E-state index contributed by atoms with van der Waals surface area (Å²) in [4.78, 5) is 20.0. The number of aromatic nitrogens is 1. The molecule has 0 radical (unpaired) electrons. The van der Waals surface area contributed by atoms with Gasteiger partial charge >= 0.3 is 0 Å². The number of hydrogen-bond acceptors (Lipinski definition) is 2. The molecule has 28 heavy (non-hydrogen) atoms. The fraction of sp³-hybridized carbons (Fsp3) is 0.250. The highest BCUT2D eigenvalue weighted by Crippen LogP contribution is 2.47. The summed E-state index contributed by atoms with van der Waals surface area (Å²) in [6.07, 6.45) is 4.26. The molecule has 4 rings (SSSR count). The van der Waals surface area contributed by atoms with E-state index in [4.69, 9.17) is 0 Å². The van der Waals surface area contributed by atoms with Crippen molar-refractivity contribution in [3.63, 3.8) is 0 Å². The van der Waals surface area contributed by atoms with Gasteiger partial charge in [0.2, 0.25) is 0 Å². The highest BCUT2D eigenvalue weighted by Gasteiger charge is 2.47. The number of rotatable bonds is 4. The molecule has 0 bridgehead atoms. The molecule has 3 nitrogen and oxygen atoms in total. The number of pyridine rings is 1. The van der Waals surface area contributed by atoms with Crippen molar-refractivity contribution in [3.8, 4) is 0 Å². The summed E-state index contributed by atoms with van der Waals surface area (Å²) in [6, 6.07) is 10.3. The summed E-state index contributed by atoms with van der Waals surface area (Å²) in [5.74, 6) is -0.283.